The van der Waals surface area contributed by atoms with Crippen LogP contribution >= 0.6 is 0 Å². The molecule has 23 heavy (non-hydrogen) atoms. The summed E-state index contributed by atoms with van der Waals surface area (Å²) >= 11 is 0. The van der Waals surface area contributed by atoms with E-state index in [4.69, 9.17) is 0 Å². The van der Waals surface area contributed by atoms with E-state index >= 15 is 0 Å². The molecule has 1 N–H and O–H groups in total. The minimum absolute atomic E-state index is 0.0577. The Morgan fingerprint density at radius 2 is 1.65 bits per heavy atom. The minimum atomic E-state index is -0.407. The molecule has 0 unspecified atom stereocenters. The van der Waals surface area contributed by atoms with Gasteiger partial charge in [-0.3, -0.25) is 9.59 Å². The van der Waals surface area contributed by atoms with E-state index < -0.39 is 5.56 Å². The molecule has 0 saturated carbocycles. The Kier molecular flexibility index (Phi) is 5.28. The summed E-state index contributed by atoms with van der Waals surface area (Å²) in [6.07, 6.45) is 1.33. The summed E-state index contributed by atoms with van der Waals surface area (Å²) in [4.78, 5) is 34.3. The second-order valence-electron chi connectivity index (χ2n) is 5.93. The first-order valence-corrected chi connectivity index (χ1v) is 7.40. The van der Waals surface area contributed by atoms with Crippen LogP contribution in [0.3, 0.4) is 0 Å². The van der Waals surface area contributed by atoms with Crippen LogP contribution in [0.4, 0.5) is 0 Å². The average Bonchev–Trinajstić information content (AvgIpc) is 2.48. The average molecular weight is 314 g/mol. The van der Waals surface area contributed by atoms with Gasteiger partial charge in [0.1, 0.15) is 11.4 Å². The molecular formula is C17H22N4O2. The molecule has 1 aromatic carbocycles. The molecule has 0 radical (unpaired) electrons. The molecule has 6 nitrogen and oxygen atoms in total. The normalized spacial score (nSPS) is 10.8. The van der Waals surface area contributed by atoms with Crippen molar-refractivity contribution < 1.29 is 4.79 Å². The van der Waals surface area contributed by atoms with Crippen LogP contribution in [0.2, 0.25) is 0 Å². The van der Waals surface area contributed by atoms with Crippen molar-refractivity contribution in [3.63, 3.8) is 0 Å². The van der Waals surface area contributed by atoms with Crippen LogP contribution < -0.4 is 5.56 Å². The predicted molar refractivity (Wildman–Crippen MR) is 89.2 cm³/mol. The maximum atomic E-state index is 12.4. The topological polar surface area (TPSA) is 69.3 Å². The number of hydrogen-bond donors (Lipinski definition) is 1. The second-order valence-corrected chi connectivity index (χ2v) is 5.93. The van der Waals surface area contributed by atoms with Gasteiger partial charge in [0, 0.05) is 26.3 Å². The molecule has 0 aliphatic heterocycles. The van der Waals surface area contributed by atoms with E-state index in [2.05, 4.69) is 14.9 Å². The number of aromatic nitrogens is 2. The van der Waals surface area contributed by atoms with Crippen molar-refractivity contribution in [3.8, 4) is 0 Å². The molecule has 6 heteroatoms. The Balaban J connectivity index is 2.07. The highest BCUT2D eigenvalue weighted by Crippen LogP contribution is 2.09. The number of benzene rings is 1. The maximum Gasteiger partial charge on any atom is 0.263 e. The molecule has 0 atom stereocenters. The summed E-state index contributed by atoms with van der Waals surface area (Å²) < 4.78 is 0. The fraction of sp³-hybridized carbons (Fsp3) is 0.353. The fourth-order valence-corrected chi connectivity index (χ4v) is 2.30. The Labute approximate surface area is 135 Å². The first kappa shape index (κ1) is 16.9. The van der Waals surface area contributed by atoms with Crippen LogP contribution in [0.1, 0.15) is 27.3 Å². The highest BCUT2D eigenvalue weighted by molar-refractivity contribution is 5.93. The monoisotopic (exact) mass is 314 g/mol. The summed E-state index contributed by atoms with van der Waals surface area (Å²) in [5, 5.41) is 0. The molecule has 0 spiro atoms. The number of rotatable bonds is 5. The standard InChI is InChI=1S/C17H22N4O2/c1-12-18-9-15(16(22)19-12)17(23)21(4)11-14-7-5-13(6-8-14)10-20(2)3/h5-9H,10-11H2,1-4H3,(H,18,19,22). The highest BCUT2D eigenvalue weighted by Gasteiger charge is 2.16. The largest absolute Gasteiger partial charge is 0.337 e. The summed E-state index contributed by atoms with van der Waals surface area (Å²) in [7, 11) is 5.72. The molecule has 122 valence electrons. The Hall–Kier alpha value is -2.47. The van der Waals surface area contributed by atoms with Crippen LogP contribution in [0.25, 0.3) is 0 Å². The van der Waals surface area contributed by atoms with E-state index in [1.807, 2.05) is 38.4 Å². The molecule has 2 aromatic rings. The Morgan fingerprint density at radius 3 is 2.17 bits per heavy atom. The molecule has 0 bridgehead atoms. The summed E-state index contributed by atoms with van der Waals surface area (Å²) in [5.74, 6) is 0.154. The zero-order chi connectivity index (χ0) is 17.0. The van der Waals surface area contributed by atoms with Crippen molar-refractivity contribution in [1.82, 2.24) is 19.8 Å². The Morgan fingerprint density at radius 1 is 1.09 bits per heavy atom. The maximum absolute atomic E-state index is 12.4. The number of aryl methyl sites for hydroxylation is 1. The second kappa shape index (κ2) is 7.19. The van der Waals surface area contributed by atoms with Gasteiger partial charge in [-0.1, -0.05) is 24.3 Å². The number of hydrogen-bond acceptors (Lipinski definition) is 4. The van der Waals surface area contributed by atoms with Gasteiger partial charge in [-0.25, -0.2) is 4.98 Å². The van der Waals surface area contributed by atoms with E-state index in [0.717, 1.165) is 12.1 Å². The lowest BCUT2D eigenvalue weighted by molar-refractivity contribution is 0.0783. The number of nitrogens with one attached hydrogen (secondary N) is 1. The van der Waals surface area contributed by atoms with Crippen molar-refractivity contribution in [2.45, 2.75) is 20.0 Å². The molecule has 2 rings (SSSR count). The van der Waals surface area contributed by atoms with E-state index in [0.29, 0.717) is 12.4 Å². The van der Waals surface area contributed by atoms with E-state index in [-0.39, 0.29) is 11.5 Å². The molecule has 0 saturated heterocycles. The molecule has 0 aliphatic rings. The van der Waals surface area contributed by atoms with Gasteiger partial charge in [-0.15, -0.1) is 0 Å². The molecular weight excluding hydrogens is 292 g/mol. The van der Waals surface area contributed by atoms with Crippen molar-refractivity contribution in [3.05, 3.63) is 63.3 Å². The third-order valence-electron chi connectivity index (χ3n) is 3.44. The van der Waals surface area contributed by atoms with Crippen LogP contribution in [-0.2, 0) is 13.1 Å². The fourth-order valence-electron chi connectivity index (χ4n) is 2.30. The van der Waals surface area contributed by atoms with Crippen molar-refractivity contribution in [2.24, 2.45) is 0 Å². The summed E-state index contributed by atoms with van der Waals surface area (Å²) in [6.45, 7) is 2.99. The number of carbonyl (C=O) groups excluding carboxylic acids is 1. The smallest absolute Gasteiger partial charge is 0.263 e. The number of aromatic amines is 1. The van der Waals surface area contributed by atoms with Crippen molar-refractivity contribution in [1.29, 1.82) is 0 Å². The molecule has 1 amide bonds. The number of amides is 1. The molecule has 1 aromatic heterocycles. The SMILES string of the molecule is Cc1ncc(C(=O)N(C)Cc2ccc(CN(C)C)cc2)c(=O)[nH]1. The van der Waals surface area contributed by atoms with Gasteiger partial charge in [0.05, 0.1) is 0 Å². The van der Waals surface area contributed by atoms with E-state index in [1.165, 1.54) is 16.7 Å². The predicted octanol–water partition coefficient (Wildman–Crippen LogP) is 1.41. The van der Waals surface area contributed by atoms with Crippen molar-refractivity contribution in [2.75, 3.05) is 21.1 Å². The minimum Gasteiger partial charge on any atom is -0.337 e. The van der Waals surface area contributed by atoms with Gasteiger partial charge in [0.15, 0.2) is 0 Å². The third-order valence-corrected chi connectivity index (χ3v) is 3.44. The van der Waals surface area contributed by atoms with Crippen LogP contribution in [0.5, 0.6) is 0 Å². The van der Waals surface area contributed by atoms with Gasteiger partial charge in [-0.05, 0) is 32.1 Å². The number of nitrogens with zero attached hydrogens (tertiary/aromatic N) is 3. The lowest BCUT2D eigenvalue weighted by Gasteiger charge is -2.17. The lowest BCUT2D eigenvalue weighted by Crippen LogP contribution is -2.31. The molecule has 1 heterocycles. The highest BCUT2D eigenvalue weighted by atomic mass is 16.2. The first-order chi connectivity index (χ1) is 10.9. The number of H-pyrrole nitrogens is 1. The van der Waals surface area contributed by atoms with E-state index in [9.17, 15) is 9.59 Å². The number of carbonyl (C=O) groups is 1. The Bertz CT molecular complexity index is 735. The quantitative estimate of drug-likeness (QED) is 0.906. The van der Waals surface area contributed by atoms with Gasteiger partial charge in [0.2, 0.25) is 0 Å². The van der Waals surface area contributed by atoms with Gasteiger partial charge < -0.3 is 14.8 Å². The molecule has 0 aliphatic carbocycles. The van der Waals surface area contributed by atoms with Crippen LogP contribution in [0, 0.1) is 6.92 Å². The summed E-state index contributed by atoms with van der Waals surface area (Å²) in [6, 6.07) is 8.10. The van der Waals surface area contributed by atoms with E-state index in [1.54, 1.807) is 14.0 Å². The first-order valence-electron chi connectivity index (χ1n) is 7.40. The van der Waals surface area contributed by atoms with Gasteiger partial charge in [-0.2, -0.15) is 0 Å². The zero-order valence-electron chi connectivity index (χ0n) is 14.0. The van der Waals surface area contributed by atoms with Crippen molar-refractivity contribution >= 4 is 5.91 Å². The van der Waals surface area contributed by atoms with Crippen LogP contribution in [0.15, 0.2) is 35.3 Å². The van der Waals surface area contributed by atoms with Crippen LogP contribution in [-0.4, -0.2) is 46.8 Å². The third kappa shape index (κ3) is 4.50. The lowest BCUT2D eigenvalue weighted by atomic mass is 10.1. The molecule has 0 fully saturated rings. The summed E-state index contributed by atoms with van der Waals surface area (Å²) in [5.41, 5.74) is 1.88. The van der Waals surface area contributed by atoms with Gasteiger partial charge >= 0.3 is 0 Å². The van der Waals surface area contributed by atoms with Gasteiger partial charge in [0.25, 0.3) is 11.5 Å². The zero-order valence-corrected chi connectivity index (χ0v) is 14.0.